The second kappa shape index (κ2) is 9.93. The van der Waals surface area contributed by atoms with Crippen molar-refractivity contribution in [2.75, 3.05) is 39.4 Å². The van der Waals surface area contributed by atoms with E-state index in [1.54, 1.807) is 0 Å². The largest absolute Gasteiger partial charge is 0.378 e. The van der Waals surface area contributed by atoms with E-state index in [1.165, 1.54) is 5.56 Å². The van der Waals surface area contributed by atoms with Crippen molar-refractivity contribution in [2.24, 2.45) is 10.9 Å². The minimum atomic E-state index is 0.173. The highest BCUT2D eigenvalue weighted by molar-refractivity contribution is 5.80. The quantitative estimate of drug-likeness (QED) is 0.626. The number of ether oxygens (including phenoxy) is 2. The lowest BCUT2D eigenvalue weighted by Gasteiger charge is -2.34. The standard InChI is InChI=1S/C21H33N3O2/c1-3-22-21(24-13-10-19(11-14-24)25-4-2)23-16-18-12-15-26-20(18)17-8-6-5-7-9-17/h5-9,18-20H,3-4,10-16H2,1-2H3,(H,22,23). The van der Waals surface area contributed by atoms with Gasteiger partial charge < -0.3 is 19.7 Å². The van der Waals surface area contributed by atoms with E-state index in [2.05, 4.69) is 54.4 Å². The van der Waals surface area contributed by atoms with E-state index in [0.717, 1.165) is 64.6 Å². The molecule has 5 nitrogen and oxygen atoms in total. The number of nitrogens with one attached hydrogen (secondary N) is 1. The molecule has 144 valence electrons. The van der Waals surface area contributed by atoms with Crippen LogP contribution in [0.2, 0.25) is 0 Å². The first-order valence-electron chi connectivity index (χ1n) is 10.1. The summed E-state index contributed by atoms with van der Waals surface area (Å²) in [7, 11) is 0. The van der Waals surface area contributed by atoms with Crippen LogP contribution in [-0.4, -0.2) is 56.4 Å². The van der Waals surface area contributed by atoms with E-state index in [0.29, 0.717) is 12.0 Å². The highest BCUT2D eigenvalue weighted by Gasteiger charge is 2.30. The Labute approximate surface area is 157 Å². The molecule has 0 bridgehead atoms. The molecule has 1 aromatic carbocycles. The van der Waals surface area contributed by atoms with Gasteiger partial charge in [0.15, 0.2) is 5.96 Å². The lowest BCUT2D eigenvalue weighted by atomic mass is 9.95. The second-order valence-corrected chi connectivity index (χ2v) is 7.09. The van der Waals surface area contributed by atoms with Crippen LogP contribution in [0, 0.1) is 5.92 Å². The first-order chi connectivity index (χ1) is 12.8. The third kappa shape index (κ3) is 4.98. The van der Waals surface area contributed by atoms with Crippen molar-refractivity contribution in [3.05, 3.63) is 35.9 Å². The van der Waals surface area contributed by atoms with E-state index in [4.69, 9.17) is 14.5 Å². The molecule has 2 aliphatic rings. The van der Waals surface area contributed by atoms with Crippen molar-refractivity contribution in [3.8, 4) is 0 Å². The van der Waals surface area contributed by atoms with Crippen LogP contribution in [0.15, 0.2) is 35.3 Å². The number of hydrogen-bond donors (Lipinski definition) is 1. The van der Waals surface area contributed by atoms with Crippen LogP contribution < -0.4 is 5.32 Å². The number of likely N-dealkylation sites (tertiary alicyclic amines) is 1. The van der Waals surface area contributed by atoms with E-state index in [9.17, 15) is 0 Å². The van der Waals surface area contributed by atoms with Gasteiger partial charge in [-0.25, -0.2) is 0 Å². The third-order valence-corrected chi connectivity index (χ3v) is 5.30. The van der Waals surface area contributed by atoms with Crippen LogP contribution in [-0.2, 0) is 9.47 Å². The van der Waals surface area contributed by atoms with Gasteiger partial charge in [0.05, 0.1) is 12.2 Å². The summed E-state index contributed by atoms with van der Waals surface area (Å²) in [6, 6.07) is 10.6. The van der Waals surface area contributed by atoms with Gasteiger partial charge in [0.1, 0.15) is 0 Å². The molecule has 0 spiro atoms. The molecular weight excluding hydrogens is 326 g/mol. The fourth-order valence-electron chi connectivity index (χ4n) is 3.93. The Kier molecular flexibility index (Phi) is 7.32. The number of piperidine rings is 1. The van der Waals surface area contributed by atoms with Crippen molar-refractivity contribution in [1.29, 1.82) is 0 Å². The Morgan fingerprint density at radius 2 is 1.96 bits per heavy atom. The smallest absolute Gasteiger partial charge is 0.193 e. The summed E-state index contributed by atoms with van der Waals surface area (Å²) in [5.74, 6) is 1.49. The van der Waals surface area contributed by atoms with Gasteiger partial charge in [-0.2, -0.15) is 0 Å². The van der Waals surface area contributed by atoms with Crippen molar-refractivity contribution in [3.63, 3.8) is 0 Å². The molecule has 0 aromatic heterocycles. The minimum Gasteiger partial charge on any atom is -0.378 e. The van der Waals surface area contributed by atoms with Gasteiger partial charge in [0.2, 0.25) is 0 Å². The molecule has 1 aromatic rings. The van der Waals surface area contributed by atoms with E-state index in [1.807, 2.05) is 0 Å². The number of benzene rings is 1. The van der Waals surface area contributed by atoms with Gasteiger partial charge in [0, 0.05) is 45.3 Å². The summed E-state index contributed by atoms with van der Waals surface area (Å²) in [6.07, 6.45) is 3.82. The van der Waals surface area contributed by atoms with Gasteiger partial charge in [-0.3, -0.25) is 4.99 Å². The Morgan fingerprint density at radius 1 is 1.19 bits per heavy atom. The molecule has 26 heavy (non-hydrogen) atoms. The second-order valence-electron chi connectivity index (χ2n) is 7.09. The zero-order valence-electron chi connectivity index (χ0n) is 16.2. The van der Waals surface area contributed by atoms with Gasteiger partial charge in [0.25, 0.3) is 0 Å². The van der Waals surface area contributed by atoms with Gasteiger partial charge >= 0.3 is 0 Å². The minimum absolute atomic E-state index is 0.173. The average molecular weight is 360 g/mol. The molecule has 5 heteroatoms. The van der Waals surface area contributed by atoms with Gasteiger partial charge in [-0.05, 0) is 38.7 Å². The number of rotatable bonds is 6. The molecule has 2 aliphatic heterocycles. The summed E-state index contributed by atoms with van der Waals surface area (Å²) in [5.41, 5.74) is 1.27. The predicted octanol–water partition coefficient (Wildman–Crippen LogP) is 3.23. The lowest BCUT2D eigenvalue weighted by Crippen LogP contribution is -2.47. The van der Waals surface area contributed by atoms with E-state index >= 15 is 0 Å². The van der Waals surface area contributed by atoms with E-state index < -0.39 is 0 Å². The fourth-order valence-corrected chi connectivity index (χ4v) is 3.93. The topological polar surface area (TPSA) is 46.1 Å². The summed E-state index contributed by atoms with van der Waals surface area (Å²) < 4.78 is 11.8. The summed E-state index contributed by atoms with van der Waals surface area (Å²) in [6.45, 7) is 9.58. The Morgan fingerprint density at radius 3 is 2.65 bits per heavy atom. The van der Waals surface area contributed by atoms with Crippen LogP contribution in [0.3, 0.4) is 0 Å². The first kappa shape index (κ1) is 19.2. The molecule has 0 aliphatic carbocycles. The summed E-state index contributed by atoms with van der Waals surface area (Å²) >= 11 is 0. The number of aliphatic imine (C=N–C) groups is 1. The molecule has 0 amide bonds. The fraction of sp³-hybridized carbons (Fsp3) is 0.667. The molecule has 2 heterocycles. The molecule has 0 radical (unpaired) electrons. The monoisotopic (exact) mass is 359 g/mol. The third-order valence-electron chi connectivity index (χ3n) is 5.30. The molecule has 2 unspecified atom stereocenters. The zero-order valence-corrected chi connectivity index (χ0v) is 16.2. The molecular formula is C21H33N3O2. The molecule has 2 fully saturated rings. The summed E-state index contributed by atoms with van der Waals surface area (Å²) in [4.78, 5) is 7.36. The zero-order chi connectivity index (χ0) is 18.2. The first-order valence-corrected chi connectivity index (χ1v) is 10.1. The van der Waals surface area contributed by atoms with Crippen LogP contribution >= 0.6 is 0 Å². The van der Waals surface area contributed by atoms with Gasteiger partial charge in [-0.1, -0.05) is 30.3 Å². The molecule has 2 atom stereocenters. The van der Waals surface area contributed by atoms with Crippen LogP contribution in [0.25, 0.3) is 0 Å². The lowest BCUT2D eigenvalue weighted by molar-refractivity contribution is 0.0263. The molecule has 0 saturated carbocycles. The van der Waals surface area contributed by atoms with Crippen molar-refractivity contribution >= 4 is 5.96 Å². The maximum atomic E-state index is 6.01. The predicted molar refractivity (Wildman–Crippen MR) is 105 cm³/mol. The van der Waals surface area contributed by atoms with Gasteiger partial charge in [-0.15, -0.1) is 0 Å². The highest BCUT2D eigenvalue weighted by Crippen LogP contribution is 2.34. The molecule has 2 saturated heterocycles. The maximum Gasteiger partial charge on any atom is 0.193 e. The van der Waals surface area contributed by atoms with Crippen LogP contribution in [0.5, 0.6) is 0 Å². The van der Waals surface area contributed by atoms with Crippen molar-refractivity contribution < 1.29 is 9.47 Å². The van der Waals surface area contributed by atoms with Crippen molar-refractivity contribution in [2.45, 2.75) is 45.3 Å². The Hall–Kier alpha value is -1.59. The maximum absolute atomic E-state index is 6.01. The van der Waals surface area contributed by atoms with E-state index in [-0.39, 0.29) is 6.10 Å². The van der Waals surface area contributed by atoms with Crippen molar-refractivity contribution in [1.82, 2.24) is 10.2 Å². The number of nitrogens with zero attached hydrogens (tertiary/aromatic N) is 2. The molecule has 1 N–H and O–H groups in total. The normalized spacial score (nSPS) is 24.8. The molecule has 3 rings (SSSR count). The summed E-state index contributed by atoms with van der Waals surface area (Å²) in [5, 5.41) is 3.47. The highest BCUT2D eigenvalue weighted by atomic mass is 16.5. The number of hydrogen-bond acceptors (Lipinski definition) is 3. The van der Waals surface area contributed by atoms with Crippen LogP contribution in [0.4, 0.5) is 0 Å². The average Bonchev–Trinajstić information content (AvgIpc) is 3.15. The Balaban J connectivity index is 1.60. The number of guanidine groups is 1. The SMILES string of the molecule is CCNC(=NCC1CCOC1c1ccccc1)N1CCC(OCC)CC1. The Bertz CT molecular complexity index is 556. The van der Waals surface area contributed by atoms with Crippen LogP contribution in [0.1, 0.15) is 44.8 Å².